The van der Waals surface area contributed by atoms with Gasteiger partial charge in [-0.1, -0.05) is 24.3 Å². The number of piperidine rings is 1. The van der Waals surface area contributed by atoms with Crippen LogP contribution < -0.4 is 0 Å². The molecule has 0 N–H and O–H groups in total. The lowest BCUT2D eigenvalue weighted by Gasteiger charge is -2.30. The second kappa shape index (κ2) is 7.56. The summed E-state index contributed by atoms with van der Waals surface area (Å²) in [6.07, 6.45) is 5.98. The topological polar surface area (TPSA) is 63.9 Å². The molecule has 4 rings (SSSR count). The third-order valence-electron chi connectivity index (χ3n) is 5.63. The fourth-order valence-electron chi connectivity index (χ4n) is 3.89. The molecule has 1 fully saturated rings. The van der Waals surface area contributed by atoms with E-state index in [4.69, 9.17) is 0 Å². The first kappa shape index (κ1) is 17.8. The van der Waals surface area contributed by atoms with E-state index < -0.39 is 0 Å². The molecule has 0 bridgehead atoms. The van der Waals surface area contributed by atoms with E-state index in [1.165, 1.54) is 0 Å². The average Bonchev–Trinajstić information content (AvgIpc) is 3.13. The van der Waals surface area contributed by atoms with E-state index in [-0.39, 0.29) is 5.92 Å². The number of likely N-dealkylation sites (tertiary alicyclic amines) is 1. The number of rotatable bonds is 5. The summed E-state index contributed by atoms with van der Waals surface area (Å²) in [6.45, 7) is 5.30. The van der Waals surface area contributed by atoms with Crippen LogP contribution in [0.3, 0.4) is 0 Å². The van der Waals surface area contributed by atoms with Crippen LogP contribution >= 0.6 is 0 Å². The van der Waals surface area contributed by atoms with E-state index in [0.29, 0.717) is 12.2 Å². The molecule has 1 aliphatic rings. The van der Waals surface area contributed by atoms with Gasteiger partial charge in [0.2, 0.25) is 0 Å². The molecule has 27 heavy (non-hydrogen) atoms. The molecule has 1 aromatic carbocycles. The first-order chi connectivity index (χ1) is 13.1. The summed E-state index contributed by atoms with van der Waals surface area (Å²) in [5.41, 5.74) is 2.88. The minimum atomic E-state index is 0.178. The number of pyridine rings is 1. The molecule has 0 radical (unpaired) electrons. The van der Waals surface area contributed by atoms with Crippen molar-refractivity contribution in [3.05, 3.63) is 42.4 Å². The van der Waals surface area contributed by atoms with Gasteiger partial charge in [0, 0.05) is 42.2 Å². The summed E-state index contributed by atoms with van der Waals surface area (Å²) in [5.74, 6) is 0.502. The summed E-state index contributed by atoms with van der Waals surface area (Å²) in [7, 11) is 1.88. The van der Waals surface area contributed by atoms with Crippen molar-refractivity contribution in [2.45, 2.75) is 26.2 Å². The Morgan fingerprint density at radius 2 is 1.96 bits per heavy atom. The normalized spacial score (nSPS) is 16.1. The molecular weight excluding hydrogens is 338 g/mol. The highest BCUT2D eigenvalue weighted by Gasteiger charge is 2.24. The van der Waals surface area contributed by atoms with Gasteiger partial charge in [0.05, 0.1) is 11.9 Å². The van der Waals surface area contributed by atoms with Crippen molar-refractivity contribution in [3.8, 4) is 11.3 Å². The third kappa shape index (κ3) is 3.76. The Hall–Kier alpha value is -2.60. The number of benzene rings is 1. The van der Waals surface area contributed by atoms with Crippen LogP contribution in [0, 0.1) is 5.92 Å². The van der Waals surface area contributed by atoms with Gasteiger partial charge in [-0.2, -0.15) is 0 Å². The Morgan fingerprint density at radius 1 is 1.15 bits per heavy atom. The van der Waals surface area contributed by atoms with E-state index >= 15 is 0 Å². The number of hydrogen-bond acceptors (Lipinski definition) is 5. The first-order valence-electron chi connectivity index (χ1n) is 9.63. The van der Waals surface area contributed by atoms with E-state index in [1.54, 1.807) is 10.9 Å². The Kier molecular flexibility index (Phi) is 4.99. The van der Waals surface area contributed by atoms with Gasteiger partial charge in [-0.05, 0) is 50.0 Å². The number of nitrogens with zero attached hydrogens (tertiary/aromatic N) is 5. The van der Waals surface area contributed by atoms with Gasteiger partial charge in [-0.15, -0.1) is 5.10 Å². The van der Waals surface area contributed by atoms with Gasteiger partial charge in [-0.3, -0.25) is 9.78 Å². The van der Waals surface area contributed by atoms with Crippen LogP contribution in [0.2, 0.25) is 0 Å². The number of ketones is 1. The SMILES string of the molecule is CCN1CCC(C(=O)Cc2cc3cc(-c4cnnn4C)ccc3cn2)CC1. The minimum absolute atomic E-state index is 0.178. The first-order valence-corrected chi connectivity index (χ1v) is 9.63. The number of aryl methyl sites for hydroxylation is 1. The van der Waals surface area contributed by atoms with Crippen molar-refractivity contribution >= 4 is 16.6 Å². The molecule has 6 heteroatoms. The van der Waals surface area contributed by atoms with Gasteiger partial charge in [0.25, 0.3) is 0 Å². The summed E-state index contributed by atoms with van der Waals surface area (Å²) >= 11 is 0. The molecule has 1 aliphatic heterocycles. The molecule has 2 aromatic heterocycles. The third-order valence-corrected chi connectivity index (χ3v) is 5.63. The number of Topliss-reactive ketones (excluding diaryl/α,β-unsaturated/α-hetero) is 1. The average molecular weight is 363 g/mol. The Bertz CT molecular complexity index is 956. The van der Waals surface area contributed by atoms with Crippen LogP contribution in [0.15, 0.2) is 36.7 Å². The maximum absolute atomic E-state index is 12.7. The van der Waals surface area contributed by atoms with Crippen molar-refractivity contribution in [1.82, 2.24) is 24.9 Å². The van der Waals surface area contributed by atoms with Gasteiger partial charge >= 0.3 is 0 Å². The second-order valence-electron chi connectivity index (χ2n) is 7.33. The van der Waals surface area contributed by atoms with E-state index in [9.17, 15) is 4.79 Å². The van der Waals surface area contributed by atoms with Crippen LogP contribution in [-0.4, -0.2) is 50.3 Å². The summed E-state index contributed by atoms with van der Waals surface area (Å²) in [4.78, 5) is 19.6. The molecule has 6 nitrogen and oxygen atoms in total. The second-order valence-corrected chi connectivity index (χ2v) is 7.33. The molecule has 0 atom stereocenters. The van der Waals surface area contributed by atoms with Crippen LogP contribution in [0.4, 0.5) is 0 Å². The Labute approximate surface area is 159 Å². The number of aromatic nitrogens is 4. The van der Waals surface area contributed by atoms with E-state index in [2.05, 4.69) is 45.3 Å². The maximum Gasteiger partial charge on any atom is 0.142 e. The lowest BCUT2D eigenvalue weighted by Crippen LogP contribution is -2.36. The van der Waals surface area contributed by atoms with Gasteiger partial charge < -0.3 is 4.90 Å². The molecule has 3 heterocycles. The molecule has 0 spiro atoms. The van der Waals surface area contributed by atoms with Gasteiger partial charge in [0.1, 0.15) is 5.78 Å². The highest BCUT2D eigenvalue weighted by atomic mass is 16.1. The predicted molar refractivity (Wildman–Crippen MR) is 105 cm³/mol. The minimum Gasteiger partial charge on any atom is -0.304 e. The molecule has 0 saturated carbocycles. The van der Waals surface area contributed by atoms with Crippen molar-refractivity contribution in [2.75, 3.05) is 19.6 Å². The number of fused-ring (bicyclic) bond motifs is 1. The highest BCUT2D eigenvalue weighted by Crippen LogP contribution is 2.25. The maximum atomic E-state index is 12.7. The van der Waals surface area contributed by atoms with Gasteiger partial charge in [0.15, 0.2) is 0 Å². The zero-order valence-electron chi connectivity index (χ0n) is 15.9. The smallest absolute Gasteiger partial charge is 0.142 e. The summed E-state index contributed by atoms with van der Waals surface area (Å²) < 4.78 is 1.76. The van der Waals surface area contributed by atoms with Crippen molar-refractivity contribution in [2.24, 2.45) is 13.0 Å². The lowest BCUT2D eigenvalue weighted by molar-refractivity contribution is -0.123. The summed E-state index contributed by atoms with van der Waals surface area (Å²) in [6, 6.07) is 8.26. The number of carbonyl (C=O) groups is 1. The Balaban J connectivity index is 1.52. The van der Waals surface area contributed by atoms with Gasteiger partial charge in [-0.25, -0.2) is 4.68 Å². The van der Waals surface area contributed by atoms with Crippen molar-refractivity contribution in [1.29, 1.82) is 0 Å². The standard InChI is InChI=1S/C21H25N5O/c1-3-26-8-6-15(7-9-26)21(27)12-19-11-18-10-16(4-5-17(18)13-22-19)20-14-23-24-25(20)2/h4-5,10-11,13-15H,3,6-9,12H2,1-2H3. The lowest BCUT2D eigenvalue weighted by atomic mass is 9.90. The quantitative estimate of drug-likeness (QED) is 0.697. The van der Waals surface area contributed by atoms with Crippen molar-refractivity contribution in [3.63, 3.8) is 0 Å². The fourth-order valence-corrected chi connectivity index (χ4v) is 3.89. The monoisotopic (exact) mass is 363 g/mol. The largest absolute Gasteiger partial charge is 0.304 e. The molecule has 0 aliphatic carbocycles. The zero-order valence-corrected chi connectivity index (χ0v) is 15.9. The highest BCUT2D eigenvalue weighted by molar-refractivity contribution is 5.88. The molecular formula is C21H25N5O. The van der Waals surface area contributed by atoms with Crippen molar-refractivity contribution < 1.29 is 4.79 Å². The fraction of sp³-hybridized carbons (Fsp3) is 0.429. The molecule has 140 valence electrons. The Morgan fingerprint density at radius 3 is 2.67 bits per heavy atom. The molecule has 1 saturated heterocycles. The van der Waals surface area contributed by atoms with Crippen LogP contribution in [0.1, 0.15) is 25.5 Å². The van der Waals surface area contributed by atoms with Crippen LogP contribution in [0.5, 0.6) is 0 Å². The van der Waals surface area contributed by atoms with E-state index in [1.807, 2.05) is 19.3 Å². The van der Waals surface area contributed by atoms with Crippen LogP contribution in [-0.2, 0) is 18.3 Å². The molecule has 0 unspecified atom stereocenters. The number of carbonyl (C=O) groups excluding carboxylic acids is 1. The zero-order chi connectivity index (χ0) is 18.8. The molecule has 3 aromatic rings. The predicted octanol–water partition coefficient (Wildman–Crippen LogP) is 2.87. The molecule has 0 amide bonds. The van der Waals surface area contributed by atoms with Crippen LogP contribution in [0.25, 0.3) is 22.0 Å². The summed E-state index contributed by atoms with van der Waals surface area (Å²) in [5, 5.41) is 10.1. The van der Waals surface area contributed by atoms with E-state index in [0.717, 1.165) is 60.2 Å². The number of hydrogen-bond donors (Lipinski definition) is 0.